The standard InChI is InChI=1S/C15H19ClF6N4O4S/c1-8-10(11(16)24(2)23-8)26(31(28)29)7-9-3-5-25(6-4-9)13(27)30-12(14(17,18)19)15(20,21)22/h9,12H,3-7H2,1-2H3,(H,28,29). The molecule has 1 atom stereocenters. The van der Waals surface area contributed by atoms with Crippen molar-refractivity contribution in [2.75, 3.05) is 23.9 Å². The molecule has 1 aromatic rings. The van der Waals surface area contributed by atoms with Crippen LogP contribution in [0.5, 0.6) is 0 Å². The normalized spacial score (nSPS) is 17.2. The van der Waals surface area contributed by atoms with Gasteiger partial charge in [-0.2, -0.15) is 31.4 Å². The number of hydrogen-bond acceptors (Lipinski definition) is 4. The monoisotopic (exact) mass is 500 g/mol. The zero-order valence-corrected chi connectivity index (χ0v) is 17.8. The zero-order valence-electron chi connectivity index (χ0n) is 16.2. The summed E-state index contributed by atoms with van der Waals surface area (Å²) in [6, 6.07) is 0. The molecule has 2 rings (SSSR count). The van der Waals surface area contributed by atoms with E-state index in [9.17, 15) is 39.9 Å². The molecule has 1 unspecified atom stereocenters. The van der Waals surface area contributed by atoms with Gasteiger partial charge in [0.2, 0.25) is 0 Å². The third-order valence-electron chi connectivity index (χ3n) is 4.67. The second-order valence-corrected chi connectivity index (χ2v) is 8.18. The van der Waals surface area contributed by atoms with Gasteiger partial charge in [0.1, 0.15) is 5.69 Å². The molecule has 8 nitrogen and oxygen atoms in total. The van der Waals surface area contributed by atoms with Gasteiger partial charge in [-0.25, -0.2) is 9.00 Å². The van der Waals surface area contributed by atoms with Gasteiger partial charge < -0.3 is 9.64 Å². The smallest absolute Gasteiger partial charge is 0.426 e. The van der Waals surface area contributed by atoms with Crippen molar-refractivity contribution >= 4 is 34.6 Å². The number of hydrogen-bond donors (Lipinski definition) is 1. The van der Waals surface area contributed by atoms with Gasteiger partial charge in [-0.15, -0.1) is 0 Å². The zero-order chi connectivity index (χ0) is 23.7. The topological polar surface area (TPSA) is 87.9 Å². The summed E-state index contributed by atoms with van der Waals surface area (Å²) >= 11 is 3.65. The van der Waals surface area contributed by atoms with Crippen LogP contribution in [0.3, 0.4) is 0 Å². The summed E-state index contributed by atoms with van der Waals surface area (Å²) in [7, 11) is 1.54. The van der Waals surface area contributed by atoms with E-state index in [1.54, 1.807) is 6.92 Å². The highest BCUT2D eigenvalue weighted by Crippen LogP contribution is 2.36. The largest absolute Gasteiger partial charge is 0.434 e. The molecular formula is C15H19ClF6N4O4S. The average Bonchev–Trinajstić information content (AvgIpc) is 2.88. The molecule has 1 fully saturated rings. The highest BCUT2D eigenvalue weighted by Gasteiger charge is 2.60. The highest BCUT2D eigenvalue weighted by molar-refractivity contribution is 7.80. The van der Waals surface area contributed by atoms with Crippen LogP contribution in [-0.4, -0.2) is 67.6 Å². The minimum atomic E-state index is -5.79. The fourth-order valence-corrected chi connectivity index (χ4v) is 4.20. The van der Waals surface area contributed by atoms with Crippen molar-refractivity contribution in [3.63, 3.8) is 0 Å². The Bertz CT molecular complexity index is 812. The number of anilines is 1. The third kappa shape index (κ3) is 6.16. The maximum absolute atomic E-state index is 12.6. The van der Waals surface area contributed by atoms with Crippen molar-refractivity contribution in [2.24, 2.45) is 13.0 Å². The van der Waals surface area contributed by atoms with Gasteiger partial charge in [0.15, 0.2) is 5.15 Å². The van der Waals surface area contributed by atoms with Crippen LogP contribution in [0.1, 0.15) is 18.5 Å². The number of piperidine rings is 1. The number of likely N-dealkylation sites (tertiary alicyclic amines) is 1. The summed E-state index contributed by atoms with van der Waals surface area (Å²) < 4.78 is 103. The summed E-state index contributed by atoms with van der Waals surface area (Å²) in [5.74, 6) is -0.295. The van der Waals surface area contributed by atoms with E-state index >= 15 is 0 Å². The number of carbonyl (C=O) groups excluding carboxylic acids is 1. The van der Waals surface area contributed by atoms with E-state index in [-0.39, 0.29) is 49.2 Å². The van der Waals surface area contributed by atoms with E-state index < -0.39 is 35.8 Å². The number of alkyl halides is 6. The van der Waals surface area contributed by atoms with E-state index in [1.807, 2.05) is 0 Å². The molecule has 0 spiro atoms. The van der Waals surface area contributed by atoms with Crippen LogP contribution in [-0.2, 0) is 23.1 Å². The summed E-state index contributed by atoms with van der Waals surface area (Å²) in [4.78, 5) is 12.6. The average molecular weight is 501 g/mol. The molecule has 1 aliphatic rings. The number of ether oxygens (including phenoxy) is 1. The number of amides is 1. The van der Waals surface area contributed by atoms with Crippen LogP contribution < -0.4 is 4.31 Å². The fourth-order valence-electron chi connectivity index (χ4n) is 3.16. The first-order valence-corrected chi connectivity index (χ1v) is 10.2. The molecular weight excluding hydrogens is 482 g/mol. The molecule has 1 aliphatic heterocycles. The lowest BCUT2D eigenvalue weighted by molar-refractivity contribution is -0.308. The second kappa shape index (κ2) is 9.40. The molecule has 1 aromatic heterocycles. The summed E-state index contributed by atoms with van der Waals surface area (Å²) in [5, 5.41) is 4.17. The highest BCUT2D eigenvalue weighted by atomic mass is 35.5. The summed E-state index contributed by atoms with van der Waals surface area (Å²) in [6.07, 6.45) is -17.2. The first kappa shape index (κ1) is 25.5. The van der Waals surface area contributed by atoms with E-state index in [0.29, 0.717) is 5.69 Å². The summed E-state index contributed by atoms with van der Waals surface area (Å²) in [5.41, 5.74) is 0.617. The Balaban J connectivity index is 2.01. The van der Waals surface area contributed by atoms with Gasteiger partial charge in [-0.05, 0) is 25.7 Å². The lowest BCUT2D eigenvalue weighted by Crippen LogP contribution is -2.49. The van der Waals surface area contributed by atoms with Crippen LogP contribution in [0, 0.1) is 12.8 Å². The number of aromatic nitrogens is 2. The molecule has 0 bridgehead atoms. The van der Waals surface area contributed by atoms with E-state index in [1.165, 1.54) is 11.7 Å². The van der Waals surface area contributed by atoms with Crippen LogP contribution in [0.25, 0.3) is 0 Å². The molecule has 1 saturated heterocycles. The van der Waals surface area contributed by atoms with Crippen molar-refractivity contribution < 1.29 is 44.6 Å². The lowest BCUT2D eigenvalue weighted by atomic mass is 9.97. The molecule has 0 radical (unpaired) electrons. The maximum Gasteiger partial charge on any atom is 0.434 e. The van der Waals surface area contributed by atoms with Crippen LogP contribution >= 0.6 is 11.6 Å². The van der Waals surface area contributed by atoms with E-state index in [2.05, 4.69) is 9.84 Å². The van der Waals surface area contributed by atoms with Crippen molar-refractivity contribution in [3.05, 3.63) is 10.8 Å². The molecule has 0 aliphatic carbocycles. The molecule has 0 aromatic carbocycles. The Labute approximate surface area is 180 Å². The Morgan fingerprint density at radius 2 is 1.81 bits per heavy atom. The fraction of sp³-hybridized carbons (Fsp3) is 0.733. The molecule has 31 heavy (non-hydrogen) atoms. The van der Waals surface area contributed by atoms with Gasteiger partial charge in [0.25, 0.3) is 17.4 Å². The molecule has 16 heteroatoms. The van der Waals surface area contributed by atoms with Gasteiger partial charge >= 0.3 is 18.4 Å². The maximum atomic E-state index is 12.6. The van der Waals surface area contributed by atoms with Crippen molar-refractivity contribution in [3.8, 4) is 0 Å². The predicted molar refractivity (Wildman–Crippen MR) is 97.7 cm³/mol. The minimum Gasteiger partial charge on any atom is -0.426 e. The Hall–Kier alpha value is -1.74. The molecule has 1 N–H and O–H groups in total. The summed E-state index contributed by atoms with van der Waals surface area (Å²) in [6.45, 7) is 1.22. The number of nitrogens with zero attached hydrogens (tertiary/aromatic N) is 4. The van der Waals surface area contributed by atoms with Gasteiger partial charge in [-0.1, -0.05) is 11.6 Å². The van der Waals surface area contributed by atoms with Gasteiger partial charge in [0.05, 0.1) is 5.69 Å². The SMILES string of the molecule is Cc1nn(C)c(Cl)c1N(CC1CCN(C(=O)OC(C(F)(F)F)C(F)(F)F)CC1)S(=O)O. The molecule has 1 amide bonds. The third-order valence-corrected chi connectivity index (χ3v) is 5.80. The number of carbonyl (C=O) groups is 1. The van der Waals surface area contributed by atoms with Crippen molar-refractivity contribution in [1.82, 2.24) is 14.7 Å². The first-order valence-electron chi connectivity index (χ1n) is 8.79. The van der Waals surface area contributed by atoms with Crippen LogP contribution in [0.2, 0.25) is 5.15 Å². The van der Waals surface area contributed by atoms with Crippen molar-refractivity contribution in [1.29, 1.82) is 0 Å². The Kier molecular flexibility index (Phi) is 7.74. The van der Waals surface area contributed by atoms with Gasteiger partial charge in [-0.3, -0.25) is 13.5 Å². The minimum absolute atomic E-state index is 0.00593. The number of aryl methyl sites for hydroxylation is 2. The van der Waals surface area contributed by atoms with E-state index in [0.717, 1.165) is 9.21 Å². The lowest BCUT2D eigenvalue weighted by Gasteiger charge is -2.34. The second-order valence-electron chi connectivity index (χ2n) is 6.92. The Morgan fingerprint density at radius 1 is 1.29 bits per heavy atom. The quantitative estimate of drug-likeness (QED) is 0.492. The predicted octanol–water partition coefficient (Wildman–Crippen LogP) is 3.67. The van der Waals surface area contributed by atoms with E-state index in [4.69, 9.17) is 11.6 Å². The van der Waals surface area contributed by atoms with Crippen LogP contribution in [0.4, 0.5) is 36.8 Å². The number of halogens is 7. The Morgan fingerprint density at radius 3 is 2.19 bits per heavy atom. The number of rotatable bonds is 5. The molecule has 2 heterocycles. The van der Waals surface area contributed by atoms with Gasteiger partial charge in [0, 0.05) is 26.7 Å². The van der Waals surface area contributed by atoms with Crippen molar-refractivity contribution in [2.45, 2.75) is 38.2 Å². The molecule has 178 valence electrons. The first-order chi connectivity index (χ1) is 14.1. The molecule has 0 saturated carbocycles. The van der Waals surface area contributed by atoms with Crippen LogP contribution in [0.15, 0.2) is 0 Å².